The zero-order valence-electron chi connectivity index (χ0n) is 29.0. The highest BCUT2D eigenvalue weighted by Gasteiger charge is 2.45. The molecule has 3 aromatic carbocycles. The fourth-order valence-electron chi connectivity index (χ4n) is 6.13. The summed E-state index contributed by atoms with van der Waals surface area (Å²) >= 11 is 12.6. The molecule has 0 unspecified atom stereocenters. The van der Waals surface area contributed by atoms with Gasteiger partial charge in [0.15, 0.2) is 0 Å². The van der Waals surface area contributed by atoms with Crippen LogP contribution in [0.1, 0.15) is 69.0 Å². The highest BCUT2D eigenvalue weighted by atomic mass is 35.5. The van der Waals surface area contributed by atoms with Crippen molar-refractivity contribution in [1.29, 1.82) is 5.26 Å². The quantitative estimate of drug-likeness (QED) is 0.233. The molecule has 2 atom stereocenters. The van der Waals surface area contributed by atoms with Crippen LogP contribution < -0.4 is 4.74 Å². The molecule has 2 heterocycles. The van der Waals surface area contributed by atoms with Crippen LogP contribution in [0, 0.1) is 11.3 Å². The van der Waals surface area contributed by atoms with Crippen molar-refractivity contribution < 1.29 is 14.3 Å². The number of ether oxygens (including phenoxy) is 1. The Bertz CT molecular complexity index is 1730. The molecule has 1 saturated heterocycles. The Morgan fingerprint density at radius 3 is 2.12 bits per heavy atom. The first-order valence-corrected chi connectivity index (χ1v) is 17.4. The SMILES string of the molecule is CCOc1cc(C(C)(C)C#N)ccc1C1=N[C@@H](c2ccc(Cl)cc2)[C@@H](c2ccc(Cl)cc2)N1C(=O)N1CCN(CC(=O)N(C)C(C)C)CC1. The Kier molecular flexibility index (Phi) is 11.2. The van der Waals surface area contributed by atoms with Gasteiger partial charge in [-0.3, -0.25) is 19.6 Å². The third kappa shape index (κ3) is 7.88. The van der Waals surface area contributed by atoms with Gasteiger partial charge in [0.2, 0.25) is 5.91 Å². The van der Waals surface area contributed by atoms with Crippen molar-refractivity contribution in [3.63, 3.8) is 0 Å². The molecule has 2 aliphatic rings. The monoisotopic (exact) mass is 702 g/mol. The number of halogens is 2. The Morgan fingerprint density at radius 1 is 0.980 bits per heavy atom. The lowest BCUT2D eigenvalue weighted by Crippen LogP contribution is -2.55. The number of rotatable bonds is 9. The molecular formula is C38H44Cl2N6O3. The van der Waals surface area contributed by atoms with E-state index in [9.17, 15) is 14.9 Å². The van der Waals surface area contributed by atoms with Crippen LogP contribution >= 0.6 is 23.2 Å². The van der Waals surface area contributed by atoms with E-state index in [0.29, 0.717) is 66.5 Å². The van der Waals surface area contributed by atoms with Crippen LogP contribution in [0.3, 0.4) is 0 Å². The van der Waals surface area contributed by atoms with E-state index < -0.39 is 17.5 Å². The smallest absolute Gasteiger partial charge is 0.326 e. The van der Waals surface area contributed by atoms with Crippen LogP contribution in [0.5, 0.6) is 5.75 Å². The molecule has 0 aromatic heterocycles. The molecule has 0 spiro atoms. The number of likely N-dealkylation sites (N-methyl/N-ethyl adjacent to an activating group) is 1. The van der Waals surface area contributed by atoms with Crippen LogP contribution in [0.25, 0.3) is 0 Å². The minimum atomic E-state index is -0.750. The fourth-order valence-corrected chi connectivity index (χ4v) is 6.38. The molecule has 3 aromatic rings. The summed E-state index contributed by atoms with van der Waals surface area (Å²) in [7, 11) is 1.82. The number of carbonyl (C=O) groups excluding carboxylic acids is 2. The highest BCUT2D eigenvalue weighted by molar-refractivity contribution is 6.30. The van der Waals surface area contributed by atoms with Gasteiger partial charge in [-0.05, 0) is 87.7 Å². The molecule has 0 saturated carbocycles. The van der Waals surface area contributed by atoms with Crippen LogP contribution in [-0.4, -0.2) is 89.8 Å². The van der Waals surface area contributed by atoms with Crippen LogP contribution in [0.4, 0.5) is 4.79 Å². The third-order valence-corrected chi connectivity index (χ3v) is 9.89. The summed E-state index contributed by atoms with van der Waals surface area (Å²) in [6, 6.07) is 22.1. The molecule has 1 fully saturated rings. The van der Waals surface area contributed by atoms with E-state index >= 15 is 0 Å². The van der Waals surface area contributed by atoms with E-state index in [1.54, 1.807) is 9.80 Å². The lowest BCUT2D eigenvalue weighted by Gasteiger charge is -2.39. The Labute approximate surface area is 299 Å². The molecule has 0 radical (unpaired) electrons. The maximum Gasteiger partial charge on any atom is 0.326 e. The zero-order valence-corrected chi connectivity index (χ0v) is 30.5. The van der Waals surface area contributed by atoms with E-state index in [0.717, 1.165) is 16.7 Å². The third-order valence-electron chi connectivity index (χ3n) is 9.39. The predicted octanol–water partition coefficient (Wildman–Crippen LogP) is 7.34. The van der Waals surface area contributed by atoms with Gasteiger partial charge in [-0.15, -0.1) is 0 Å². The number of nitrogens with zero attached hydrogens (tertiary/aromatic N) is 6. The van der Waals surface area contributed by atoms with E-state index in [4.69, 9.17) is 32.9 Å². The largest absolute Gasteiger partial charge is 0.493 e. The number of amidine groups is 1. The number of nitriles is 1. The molecule has 0 aliphatic carbocycles. The summed E-state index contributed by atoms with van der Waals surface area (Å²) in [5.41, 5.74) is 2.48. The summed E-state index contributed by atoms with van der Waals surface area (Å²) in [6.07, 6.45) is 0. The number of carbonyl (C=O) groups is 2. The first kappa shape index (κ1) is 36.2. The Morgan fingerprint density at radius 2 is 1.57 bits per heavy atom. The maximum absolute atomic E-state index is 14.9. The second-order valence-electron chi connectivity index (χ2n) is 13.3. The van der Waals surface area contributed by atoms with Gasteiger partial charge >= 0.3 is 6.03 Å². The number of piperazine rings is 1. The molecule has 11 heteroatoms. The molecule has 5 rings (SSSR count). The molecule has 0 bridgehead atoms. The van der Waals surface area contributed by atoms with Gasteiger partial charge in [0.25, 0.3) is 0 Å². The van der Waals surface area contributed by atoms with Crippen LogP contribution in [0.2, 0.25) is 10.0 Å². The second-order valence-corrected chi connectivity index (χ2v) is 14.2. The van der Waals surface area contributed by atoms with E-state index in [1.807, 2.05) is 113 Å². The molecule has 2 aliphatic heterocycles. The lowest BCUT2D eigenvalue weighted by atomic mass is 9.85. The number of hydrogen-bond acceptors (Lipinski definition) is 6. The van der Waals surface area contributed by atoms with Crippen LogP contribution in [-0.2, 0) is 10.2 Å². The van der Waals surface area contributed by atoms with Gasteiger partial charge in [-0.2, -0.15) is 5.26 Å². The fraction of sp³-hybridized carbons (Fsp3) is 0.421. The number of benzene rings is 3. The van der Waals surface area contributed by atoms with Crippen molar-refractivity contribution in [2.24, 2.45) is 4.99 Å². The summed E-state index contributed by atoms with van der Waals surface area (Å²) < 4.78 is 6.18. The van der Waals surface area contributed by atoms with Crippen molar-refractivity contribution in [1.82, 2.24) is 19.6 Å². The Balaban J connectivity index is 1.58. The van der Waals surface area contributed by atoms with Gasteiger partial charge in [-0.25, -0.2) is 4.79 Å². The molecule has 3 amide bonds. The van der Waals surface area contributed by atoms with Gasteiger partial charge in [-0.1, -0.05) is 53.5 Å². The van der Waals surface area contributed by atoms with Crippen molar-refractivity contribution in [2.75, 3.05) is 46.4 Å². The van der Waals surface area contributed by atoms with Crippen molar-refractivity contribution in [3.8, 4) is 11.8 Å². The van der Waals surface area contributed by atoms with Gasteiger partial charge in [0.1, 0.15) is 17.6 Å². The molecule has 49 heavy (non-hydrogen) atoms. The number of amides is 3. The van der Waals surface area contributed by atoms with Crippen molar-refractivity contribution >= 4 is 41.0 Å². The lowest BCUT2D eigenvalue weighted by molar-refractivity contribution is -0.132. The van der Waals surface area contributed by atoms with Crippen LogP contribution in [0.15, 0.2) is 71.7 Å². The molecule has 0 N–H and O–H groups in total. The standard InChI is InChI=1S/C38H44Cl2N6O3/c1-7-49-32-22-28(38(4,5)24-41)12-17-31(32)36-42-34(26-8-13-29(39)14-9-26)35(27-10-15-30(40)16-11-27)46(36)37(48)45-20-18-44(19-21-45)23-33(47)43(6)25(2)3/h8-17,22,25,34-35H,7,18-21,23H2,1-6H3/t34-,35+/m0/s1. The summed E-state index contributed by atoms with van der Waals surface area (Å²) in [6.45, 7) is 12.4. The van der Waals surface area contributed by atoms with Gasteiger partial charge in [0, 0.05) is 49.3 Å². The molecular weight excluding hydrogens is 659 g/mol. The normalized spacial score (nSPS) is 18.3. The van der Waals surface area contributed by atoms with E-state index in [-0.39, 0.29) is 18.0 Å². The average molecular weight is 704 g/mol. The first-order valence-electron chi connectivity index (χ1n) is 16.7. The summed E-state index contributed by atoms with van der Waals surface area (Å²) in [5.74, 6) is 1.08. The summed E-state index contributed by atoms with van der Waals surface area (Å²) in [4.78, 5) is 40.5. The van der Waals surface area contributed by atoms with Gasteiger partial charge in [0.05, 0.1) is 36.2 Å². The average Bonchev–Trinajstić information content (AvgIpc) is 3.49. The van der Waals surface area contributed by atoms with Crippen molar-refractivity contribution in [2.45, 2.75) is 58.2 Å². The minimum absolute atomic E-state index is 0.0591. The first-order chi connectivity index (χ1) is 23.3. The maximum atomic E-state index is 14.9. The predicted molar refractivity (Wildman–Crippen MR) is 194 cm³/mol. The number of urea groups is 1. The Hall–Kier alpha value is -4.10. The molecule has 9 nitrogen and oxygen atoms in total. The van der Waals surface area contributed by atoms with E-state index in [2.05, 4.69) is 11.0 Å². The summed E-state index contributed by atoms with van der Waals surface area (Å²) in [5, 5.41) is 11.1. The number of hydrogen-bond donors (Lipinski definition) is 0. The minimum Gasteiger partial charge on any atom is -0.493 e. The second kappa shape index (κ2) is 15.2. The molecule has 258 valence electrons. The van der Waals surface area contributed by atoms with Gasteiger partial charge < -0.3 is 14.5 Å². The topological polar surface area (TPSA) is 92.5 Å². The highest BCUT2D eigenvalue weighted by Crippen LogP contribution is 2.46. The van der Waals surface area contributed by atoms with E-state index in [1.165, 1.54) is 0 Å². The van der Waals surface area contributed by atoms with Crippen molar-refractivity contribution in [3.05, 3.63) is 99.0 Å². The zero-order chi connectivity index (χ0) is 35.5. The number of aliphatic imine (C=N–C) groups is 1.